The van der Waals surface area contributed by atoms with Crippen molar-refractivity contribution in [3.05, 3.63) is 83.4 Å². The summed E-state index contributed by atoms with van der Waals surface area (Å²) in [6.45, 7) is 3.79. The van der Waals surface area contributed by atoms with Gasteiger partial charge in [-0.3, -0.25) is 0 Å². The summed E-state index contributed by atoms with van der Waals surface area (Å²) in [4.78, 5) is 11.6. The summed E-state index contributed by atoms with van der Waals surface area (Å²) in [5.74, 6) is 1.28. The standard InChI is InChI=1S/C30H33N3O8S/c1-20(2)16-33(42(37,38)25-11-12-28-29(14-25)41-19-40-28)17-27(34)26(32-30(35)36)13-21-7-9-24(10-8-21)39-18-23-5-3-22(15-31)4-6-23/h3-12,14,20,26-27,32,34H,13,16-19H2,1-2H3,(H,35,36)/t26-,27+/m0/s1. The van der Waals surface area contributed by atoms with E-state index in [9.17, 15) is 23.4 Å². The Balaban J connectivity index is 1.45. The van der Waals surface area contributed by atoms with Crippen molar-refractivity contribution in [2.75, 3.05) is 19.9 Å². The number of sulfonamides is 1. The second kappa shape index (κ2) is 13.6. The molecule has 12 heteroatoms. The summed E-state index contributed by atoms with van der Waals surface area (Å²) in [6.07, 6.45) is -2.57. The van der Waals surface area contributed by atoms with E-state index in [1.165, 1.54) is 18.2 Å². The third kappa shape index (κ3) is 7.91. The lowest BCUT2D eigenvalue weighted by atomic mass is 10.0. The number of ether oxygens (including phenoxy) is 3. The Labute approximate surface area is 244 Å². The molecule has 1 amide bonds. The smallest absolute Gasteiger partial charge is 0.404 e. The van der Waals surface area contributed by atoms with Gasteiger partial charge in [0.2, 0.25) is 16.8 Å². The minimum atomic E-state index is -4.06. The molecule has 0 saturated heterocycles. The van der Waals surface area contributed by atoms with Crippen molar-refractivity contribution < 1.29 is 37.6 Å². The largest absolute Gasteiger partial charge is 0.489 e. The summed E-state index contributed by atoms with van der Waals surface area (Å²) in [5.41, 5.74) is 2.17. The van der Waals surface area contributed by atoms with E-state index in [0.717, 1.165) is 9.87 Å². The van der Waals surface area contributed by atoms with Gasteiger partial charge in [0.05, 0.1) is 28.7 Å². The Hall–Kier alpha value is -4.31. The van der Waals surface area contributed by atoms with Crippen LogP contribution in [-0.2, 0) is 23.1 Å². The first-order valence-electron chi connectivity index (χ1n) is 13.3. The molecule has 11 nitrogen and oxygen atoms in total. The van der Waals surface area contributed by atoms with Gasteiger partial charge in [0.1, 0.15) is 12.4 Å². The average molecular weight is 596 g/mol. The summed E-state index contributed by atoms with van der Waals surface area (Å²) >= 11 is 0. The SMILES string of the molecule is CC(C)CN(C[C@@H](O)[C@H](Cc1ccc(OCc2ccc(C#N)cc2)cc1)NC(=O)O)S(=O)(=O)c1ccc2c(c1)OCO2. The molecule has 0 aliphatic carbocycles. The maximum absolute atomic E-state index is 13.6. The molecule has 42 heavy (non-hydrogen) atoms. The zero-order valence-electron chi connectivity index (χ0n) is 23.3. The van der Waals surface area contributed by atoms with Crippen molar-refractivity contribution in [1.82, 2.24) is 9.62 Å². The van der Waals surface area contributed by atoms with E-state index in [2.05, 4.69) is 11.4 Å². The Morgan fingerprint density at radius 1 is 1.02 bits per heavy atom. The van der Waals surface area contributed by atoms with Crippen LogP contribution >= 0.6 is 0 Å². The second-order valence-corrected chi connectivity index (χ2v) is 12.2. The Morgan fingerprint density at radius 2 is 1.69 bits per heavy atom. The Bertz CT molecular complexity index is 1520. The van der Waals surface area contributed by atoms with E-state index < -0.39 is 28.3 Å². The van der Waals surface area contributed by atoms with Crippen LogP contribution in [0.1, 0.15) is 30.5 Å². The fraction of sp³-hybridized carbons (Fsp3) is 0.333. The van der Waals surface area contributed by atoms with Crippen LogP contribution in [0.15, 0.2) is 71.6 Å². The molecule has 4 rings (SSSR count). The molecule has 2 atom stereocenters. The first-order valence-corrected chi connectivity index (χ1v) is 14.8. The zero-order valence-corrected chi connectivity index (χ0v) is 24.1. The number of fused-ring (bicyclic) bond motifs is 1. The molecule has 1 aliphatic heterocycles. The number of rotatable bonds is 13. The van der Waals surface area contributed by atoms with Gasteiger partial charge in [-0.1, -0.05) is 38.1 Å². The van der Waals surface area contributed by atoms with Crippen molar-refractivity contribution in [2.45, 2.75) is 43.9 Å². The number of hydrogen-bond acceptors (Lipinski definition) is 8. The van der Waals surface area contributed by atoms with Crippen LogP contribution in [0.25, 0.3) is 0 Å². The molecule has 3 N–H and O–H groups in total. The first-order chi connectivity index (χ1) is 20.0. The molecule has 3 aromatic rings. The van der Waals surface area contributed by atoms with Crippen LogP contribution in [0.5, 0.6) is 17.2 Å². The number of hydrogen-bond donors (Lipinski definition) is 3. The van der Waals surface area contributed by atoms with Crippen molar-refractivity contribution in [3.8, 4) is 23.3 Å². The van der Waals surface area contributed by atoms with Crippen LogP contribution in [0.4, 0.5) is 4.79 Å². The highest BCUT2D eigenvalue weighted by atomic mass is 32.2. The molecule has 1 aliphatic rings. The molecular weight excluding hydrogens is 562 g/mol. The van der Waals surface area contributed by atoms with E-state index in [0.29, 0.717) is 35.0 Å². The van der Waals surface area contributed by atoms with Crippen molar-refractivity contribution in [2.24, 2.45) is 5.92 Å². The molecule has 3 aromatic carbocycles. The molecule has 0 radical (unpaired) electrons. The summed E-state index contributed by atoms with van der Waals surface area (Å²) in [5, 5.41) is 31.9. The van der Waals surface area contributed by atoms with Gasteiger partial charge in [0, 0.05) is 19.2 Å². The van der Waals surface area contributed by atoms with E-state index in [-0.39, 0.29) is 37.1 Å². The van der Waals surface area contributed by atoms with E-state index >= 15 is 0 Å². The fourth-order valence-corrected chi connectivity index (χ4v) is 6.10. The summed E-state index contributed by atoms with van der Waals surface area (Å²) in [6, 6.07) is 19.4. The highest BCUT2D eigenvalue weighted by Crippen LogP contribution is 2.35. The van der Waals surface area contributed by atoms with E-state index in [1.54, 1.807) is 36.4 Å². The minimum Gasteiger partial charge on any atom is -0.489 e. The first kappa shape index (κ1) is 30.6. The number of carbonyl (C=O) groups is 1. The predicted octanol–water partition coefficient (Wildman–Crippen LogP) is 3.75. The Kier molecular flexibility index (Phi) is 9.90. The van der Waals surface area contributed by atoms with Gasteiger partial charge in [-0.15, -0.1) is 0 Å². The molecular formula is C30H33N3O8S. The van der Waals surface area contributed by atoms with E-state index in [1.807, 2.05) is 26.0 Å². The van der Waals surface area contributed by atoms with Gasteiger partial charge in [0.15, 0.2) is 11.5 Å². The molecule has 0 spiro atoms. The second-order valence-electron chi connectivity index (χ2n) is 10.3. The summed E-state index contributed by atoms with van der Waals surface area (Å²) < 4.78 is 44.8. The zero-order chi connectivity index (χ0) is 30.3. The minimum absolute atomic E-state index is 0.0000296. The van der Waals surface area contributed by atoms with Crippen LogP contribution < -0.4 is 19.5 Å². The normalized spacial score (nSPS) is 13.9. The van der Waals surface area contributed by atoms with Crippen molar-refractivity contribution >= 4 is 16.1 Å². The number of nitrogens with one attached hydrogen (secondary N) is 1. The van der Waals surface area contributed by atoms with Crippen LogP contribution in [0, 0.1) is 17.2 Å². The van der Waals surface area contributed by atoms with Crippen LogP contribution in [0.3, 0.4) is 0 Å². The van der Waals surface area contributed by atoms with Crippen molar-refractivity contribution in [1.29, 1.82) is 5.26 Å². The number of amides is 1. The third-order valence-electron chi connectivity index (χ3n) is 6.58. The number of benzene rings is 3. The predicted molar refractivity (Wildman–Crippen MR) is 153 cm³/mol. The van der Waals surface area contributed by atoms with Gasteiger partial charge in [0.25, 0.3) is 0 Å². The molecule has 0 saturated carbocycles. The number of aliphatic hydroxyl groups excluding tert-OH is 1. The summed E-state index contributed by atoms with van der Waals surface area (Å²) in [7, 11) is -4.06. The van der Waals surface area contributed by atoms with Crippen LogP contribution in [0.2, 0.25) is 0 Å². The number of nitrogens with zero attached hydrogens (tertiary/aromatic N) is 2. The number of aliphatic hydroxyl groups is 1. The molecule has 0 aromatic heterocycles. The number of nitriles is 1. The van der Waals surface area contributed by atoms with Crippen LogP contribution in [-0.4, -0.2) is 61.1 Å². The van der Waals surface area contributed by atoms with Crippen molar-refractivity contribution in [3.63, 3.8) is 0 Å². The van der Waals surface area contributed by atoms with Gasteiger partial charge in [-0.25, -0.2) is 13.2 Å². The lowest BCUT2D eigenvalue weighted by Gasteiger charge is -2.30. The topological polar surface area (TPSA) is 158 Å². The van der Waals surface area contributed by atoms with Gasteiger partial charge >= 0.3 is 6.09 Å². The monoisotopic (exact) mass is 595 g/mol. The quantitative estimate of drug-likeness (QED) is 0.268. The molecule has 1 heterocycles. The third-order valence-corrected chi connectivity index (χ3v) is 8.41. The van der Waals surface area contributed by atoms with Gasteiger partial charge < -0.3 is 29.7 Å². The lowest BCUT2D eigenvalue weighted by Crippen LogP contribution is -2.50. The van der Waals surface area contributed by atoms with Gasteiger partial charge in [-0.05, 0) is 59.9 Å². The lowest BCUT2D eigenvalue weighted by molar-refractivity contribution is 0.0980. The molecule has 222 valence electrons. The highest BCUT2D eigenvalue weighted by Gasteiger charge is 2.32. The maximum atomic E-state index is 13.6. The molecule has 0 fully saturated rings. The van der Waals surface area contributed by atoms with Gasteiger partial charge in [-0.2, -0.15) is 9.57 Å². The highest BCUT2D eigenvalue weighted by molar-refractivity contribution is 7.89. The average Bonchev–Trinajstić information content (AvgIpc) is 3.44. The molecule has 0 bridgehead atoms. The number of carboxylic acid groups (broad SMARTS) is 1. The van der Waals surface area contributed by atoms with E-state index in [4.69, 9.17) is 19.5 Å². The molecule has 0 unspecified atom stereocenters. The Morgan fingerprint density at radius 3 is 2.33 bits per heavy atom. The maximum Gasteiger partial charge on any atom is 0.404 e. The fourth-order valence-electron chi connectivity index (χ4n) is 4.46.